The minimum atomic E-state index is -0.405. The van der Waals surface area contributed by atoms with Gasteiger partial charge in [-0.15, -0.1) is 0 Å². The van der Waals surface area contributed by atoms with Crippen LogP contribution < -0.4 is 10.5 Å². The van der Waals surface area contributed by atoms with Gasteiger partial charge in [-0.2, -0.15) is 4.98 Å². The molecule has 2 aromatic rings. The number of rotatable bonds is 5. The molecule has 1 aliphatic carbocycles. The molecule has 5 nitrogen and oxygen atoms in total. The number of nitrogens with two attached hydrogens (primary N) is 1. The molecule has 0 atom stereocenters. The lowest BCUT2D eigenvalue weighted by Gasteiger charge is -2.29. The molecule has 1 heterocycles. The van der Waals surface area contributed by atoms with Crippen LogP contribution in [-0.2, 0) is 12.0 Å². The lowest BCUT2D eigenvalue weighted by atomic mass is 9.82. The Kier molecular flexibility index (Phi) is 4.43. The van der Waals surface area contributed by atoms with Gasteiger partial charge in [-0.05, 0) is 37.5 Å². The lowest BCUT2D eigenvalue weighted by Crippen LogP contribution is -2.39. The van der Waals surface area contributed by atoms with Crippen molar-refractivity contribution in [2.45, 2.75) is 51.0 Å². The van der Waals surface area contributed by atoms with E-state index in [0.717, 1.165) is 31.4 Å². The van der Waals surface area contributed by atoms with Gasteiger partial charge in [0, 0.05) is 0 Å². The van der Waals surface area contributed by atoms with Crippen molar-refractivity contribution < 1.29 is 9.26 Å². The highest BCUT2D eigenvalue weighted by Gasteiger charge is 2.34. The van der Waals surface area contributed by atoms with Crippen LogP contribution in [-0.4, -0.2) is 16.7 Å². The highest BCUT2D eigenvalue weighted by atomic mass is 16.5. The van der Waals surface area contributed by atoms with Crippen LogP contribution in [0.3, 0.4) is 0 Å². The predicted molar refractivity (Wildman–Crippen MR) is 83.6 cm³/mol. The molecule has 0 amide bonds. The van der Waals surface area contributed by atoms with E-state index in [1.54, 1.807) is 0 Å². The summed E-state index contributed by atoms with van der Waals surface area (Å²) in [6.45, 7) is 2.56. The maximum Gasteiger partial charge on any atom is 0.230 e. The molecule has 1 aliphatic rings. The van der Waals surface area contributed by atoms with E-state index in [1.165, 1.54) is 12.0 Å². The zero-order valence-electron chi connectivity index (χ0n) is 13.0. The fourth-order valence-corrected chi connectivity index (χ4v) is 2.93. The van der Waals surface area contributed by atoms with E-state index in [1.807, 2.05) is 31.2 Å². The van der Waals surface area contributed by atoms with Crippen LogP contribution >= 0.6 is 0 Å². The number of aryl methyl sites for hydroxylation is 1. The number of hydrogen-bond donors (Lipinski definition) is 1. The minimum Gasteiger partial charge on any atom is -0.493 e. The standard InChI is InChI=1S/C17H23N3O2/c1-13-6-5-7-14(12-13)21-11-8-15-19-16(20-22-15)17(18)9-3-2-4-10-17/h5-7,12H,2-4,8-11,18H2,1H3. The maximum absolute atomic E-state index is 6.41. The summed E-state index contributed by atoms with van der Waals surface area (Å²) in [5, 5.41) is 4.08. The predicted octanol–water partition coefficient (Wildman–Crippen LogP) is 3.12. The molecular weight excluding hydrogens is 278 g/mol. The highest BCUT2D eigenvalue weighted by Crippen LogP contribution is 2.32. The quantitative estimate of drug-likeness (QED) is 0.918. The van der Waals surface area contributed by atoms with Crippen LogP contribution in [0.1, 0.15) is 49.4 Å². The van der Waals surface area contributed by atoms with Crippen LogP contribution in [0.2, 0.25) is 0 Å². The number of ether oxygens (including phenoxy) is 1. The first-order valence-electron chi connectivity index (χ1n) is 7.97. The molecule has 1 aromatic heterocycles. The molecule has 1 aromatic carbocycles. The van der Waals surface area contributed by atoms with E-state index in [4.69, 9.17) is 15.0 Å². The fourth-order valence-electron chi connectivity index (χ4n) is 2.93. The summed E-state index contributed by atoms with van der Waals surface area (Å²) in [6, 6.07) is 7.98. The SMILES string of the molecule is Cc1cccc(OCCc2nc(C3(N)CCCCC3)no2)c1. The average Bonchev–Trinajstić information content (AvgIpc) is 2.98. The van der Waals surface area contributed by atoms with Crippen molar-refractivity contribution in [2.24, 2.45) is 5.73 Å². The Hall–Kier alpha value is -1.88. The van der Waals surface area contributed by atoms with E-state index in [-0.39, 0.29) is 0 Å². The smallest absolute Gasteiger partial charge is 0.230 e. The maximum atomic E-state index is 6.41. The van der Waals surface area contributed by atoms with Crippen molar-refractivity contribution in [3.05, 3.63) is 41.5 Å². The Bertz CT molecular complexity index is 618. The van der Waals surface area contributed by atoms with Crippen molar-refractivity contribution in [1.82, 2.24) is 10.1 Å². The van der Waals surface area contributed by atoms with Crippen LogP contribution in [0, 0.1) is 6.92 Å². The first-order chi connectivity index (χ1) is 10.7. The van der Waals surface area contributed by atoms with E-state index in [9.17, 15) is 0 Å². The normalized spacial score (nSPS) is 17.4. The Labute approximate surface area is 130 Å². The molecule has 0 unspecified atom stereocenters. The topological polar surface area (TPSA) is 74.2 Å². The van der Waals surface area contributed by atoms with Gasteiger partial charge in [-0.3, -0.25) is 0 Å². The first kappa shape index (κ1) is 15.0. The molecule has 3 rings (SSSR count). The van der Waals surface area contributed by atoms with E-state index >= 15 is 0 Å². The largest absolute Gasteiger partial charge is 0.493 e. The summed E-state index contributed by atoms with van der Waals surface area (Å²) in [6.07, 6.45) is 5.98. The molecule has 5 heteroatoms. The van der Waals surface area contributed by atoms with Crippen molar-refractivity contribution in [3.8, 4) is 5.75 Å². The molecule has 0 saturated heterocycles. The number of nitrogens with zero attached hydrogens (tertiary/aromatic N) is 2. The minimum absolute atomic E-state index is 0.405. The molecule has 0 spiro atoms. The molecule has 0 radical (unpaired) electrons. The third-order valence-electron chi connectivity index (χ3n) is 4.23. The van der Waals surface area contributed by atoms with Crippen LogP contribution in [0.25, 0.3) is 0 Å². The second-order valence-corrected chi connectivity index (χ2v) is 6.14. The molecule has 118 valence electrons. The van der Waals surface area contributed by atoms with Crippen molar-refractivity contribution >= 4 is 0 Å². The molecule has 1 fully saturated rings. The summed E-state index contributed by atoms with van der Waals surface area (Å²) in [5.74, 6) is 2.11. The summed E-state index contributed by atoms with van der Waals surface area (Å²) in [7, 11) is 0. The van der Waals surface area contributed by atoms with Crippen LogP contribution in [0.5, 0.6) is 5.75 Å². The first-order valence-corrected chi connectivity index (χ1v) is 7.97. The van der Waals surface area contributed by atoms with E-state index < -0.39 is 5.54 Å². The molecule has 0 bridgehead atoms. The second-order valence-electron chi connectivity index (χ2n) is 6.14. The Balaban J connectivity index is 1.55. The van der Waals surface area contributed by atoms with Gasteiger partial charge in [0.05, 0.1) is 18.6 Å². The Morgan fingerprint density at radius 3 is 2.86 bits per heavy atom. The van der Waals surface area contributed by atoms with Gasteiger partial charge in [-0.25, -0.2) is 0 Å². The van der Waals surface area contributed by atoms with Crippen LogP contribution in [0.15, 0.2) is 28.8 Å². The molecule has 1 saturated carbocycles. The molecule has 2 N–H and O–H groups in total. The van der Waals surface area contributed by atoms with E-state index in [2.05, 4.69) is 10.1 Å². The zero-order chi connectivity index (χ0) is 15.4. The highest BCUT2D eigenvalue weighted by molar-refractivity contribution is 5.27. The summed E-state index contributed by atoms with van der Waals surface area (Å²) >= 11 is 0. The Morgan fingerprint density at radius 2 is 2.09 bits per heavy atom. The van der Waals surface area contributed by atoms with Crippen molar-refractivity contribution in [3.63, 3.8) is 0 Å². The van der Waals surface area contributed by atoms with Crippen molar-refractivity contribution in [2.75, 3.05) is 6.61 Å². The Morgan fingerprint density at radius 1 is 1.27 bits per heavy atom. The van der Waals surface area contributed by atoms with Gasteiger partial charge >= 0.3 is 0 Å². The van der Waals surface area contributed by atoms with Gasteiger partial charge in [0.2, 0.25) is 5.89 Å². The molecule has 22 heavy (non-hydrogen) atoms. The second kappa shape index (κ2) is 6.48. The average molecular weight is 301 g/mol. The summed E-state index contributed by atoms with van der Waals surface area (Å²) < 4.78 is 11.0. The third kappa shape index (κ3) is 3.47. The molecular formula is C17H23N3O2. The lowest BCUT2D eigenvalue weighted by molar-refractivity contribution is 0.269. The summed E-state index contributed by atoms with van der Waals surface area (Å²) in [4.78, 5) is 4.47. The van der Waals surface area contributed by atoms with Crippen molar-refractivity contribution in [1.29, 1.82) is 0 Å². The number of aromatic nitrogens is 2. The van der Waals surface area contributed by atoms with Gasteiger partial charge < -0.3 is 15.0 Å². The van der Waals surface area contributed by atoms with E-state index in [0.29, 0.717) is 24.7 Å². The van der Waals surface area contributed by atoms with Gasteiger partial charge in [-0.1, -0.05) is 36.6 Å². The van der Waals surface area contributed by atoms with Crippen LogP contribution in [0.4, 0.5) is 0 Å². The number of benzene rings is 1. The summed E-state index contributed by atoms with van der Waals surface area (Å²) in [5.41, 5.74) is 7.19. The van der Waals surface area contributed by atoms with Gasteiger partial charge in [0.15, 0.2) is 5.82 Å². The number of hydrogen-bond acceptors (Lipinski definition) is 5. The monoisotopic (exact) mass is 301 g/mol. The molecule has 0 aliphatic heterocycles. The fraction of sp³-hybridized carbons (Fsp3) is 0.529. The van der Waals surface area contributed by atoms with Gasteiger partial charge in [0.1, 0.15) is 5.75 Å². The van der Waals surface area contributed by atoms with Gasteiger partial charge in [0.25, 0.3) is 0 Å². The zero-order valence-corrected chi connectivity index (χ0v) is 13.0. The third-order valence-corrected chi connectivity index (χ3v) is 4.23.